The van der Waals surface area contributed by atoms with Gasteiger partial charge in [-0.3, -0.25) is 9.59 Å². The number of hydrogen-bond acceptors (Lipinski definition) is 3. The molecule has 1 N–H and O–H groups in total. The number of rotatable bonds is 8. The van der Waals surface area contributed by atoms with Gasteiger partial charge in [-0.1, -0.05) is 54.4 Å². The van der Waals surface area contributed by atoms with E-state index in [-0.39, 0.29) is 18.4 Å². The summed E-state index contributed by atoms with van der Waals surface area (Å²) in [5, 5.41) is 2.65. The first-order valence-corrected chi connectivity index (χ1v) is 9.20. The van der Waals surface area contributed by atoms with Gasteiger partial charge in [0.05, 0.1) is 0 Å². The van der Waals surface area contributed by atoms with Crippen LogP contribution in [0.2, 0.25) is 0 Å². The van der Waals surface area contributed by atoms with E-state index < -0.39 is 6.04 Å². The molecule has 5 nitrogen and oxygen atoms in total. The molecule has 0 saturated carbocycles. The maximum absolute atomic E-state index is 12.9. The highest BCUT2D eigenvalue weighted by atomic mass is 16.5. The van der Waals surface area contributed by atoms with Crippen LogP contribution in [0, 0.1) is 13.8 Å². The van der Waals surface area contributed by atoms with Crippen molar-refractivity contribution in [3.8, 4) is 5.75 Å². The van der Waals surface area contributed by atoms with Gasteiger partial charge in [-0.25, -0.2) is 0 Å². The number of nitrogens with one attached hydrogen (secondary N) is 1. The number of hydrogen-bond donors (Lipinski definition) is 1. The lowest BCUT2D eigenvalue weighted by Gasteiger charge is -2.30. The zero-order chi connectivity index (χ0) is 19.8. The van der Waals surface area contributed by atoms with Gasteiger partial charge in [0.1, 0.15) is 11.8 Å². The van der Waals surface area contributed by atoms with Crippen molar-refractivity contribution in [3.63, 3.8) is 0 Å². The molecule has 2 aromatic carbocycles. The van der Waals surface area contributed by atoms with Gasteiger partial charge in [0, 0.05) is 13.6 Å². The van der Waals surface area contributed by atoms with Gasteiger partial charge in [0.25, 0.3) is 5.91 Å². The van der Waals surface area contributed by atoms with E-state index in [1.54, 1.807) is 11.9 Å². The SMILES string of the molecule is CC[C@@H](C(=O)NC)N(Cc1ccc(C)cc1)C(=O)COc1ccc(C)cc1. The largest absolute Gasteiger partial charge is 0.484 e. The van der Waals surface area contributed by atoms with E-state index in [0.717, 1.165) is 16.7 Å². The first-order valence-electron chi connectivity index (χ1n) is 9.20. The van der Waals surface area contributed by atoms with Crippen LogP contribution in [0.5, 0.6) is 5.75 Å². The van der Waals surface area contributed by atoms with Crippen LogP contribution in [0.3, 0.4) is 0 Å². The van der Waals surface area contributed by atoms with Crippen LogP contribution in [0.1, 0.15) is 30.0 Å². The molecule has 0 unspecified atom stereocenters. The third kappa shape index (κ3) is 5.84. The molecule has 0 aliphatic heterocycles. The Kier molecular flexibility index (Phi) is 7.41. The van der Waals surface area contributed by atoms with Crippen molar-refractivity contribution >= 4 is 11.8 Å². The smallest absolute Gasteiger partial charge is 0.261 e. The van der Waals surface area contributed by atoms with E-state index in [9.17, 15) is 9.59 Å². The fraction of sp³-hybridized carbons (Fsp3) is 0.364. The molecule has 1 atom stereocenters. The highest BCUT2D eigenvalue weighted by Crippen LogP contribution is 2.15. The Morgan fingerprint density at radius 2 is 1.56 bits per heavy atom. The standard InChI is InChI=1S/C22H28N2O3/c1-5-20(22(26)23-4)24(14-18-10-6-16(2)7-11-18)21(25)15-27-19-12-8-17(3)9-13-19/h6-13,20H,5,14-15H2,1-4H3,(H,23,26)/t20-/m0/s1. The summed E-state index contributed by atoms with van der Waals surface area (Å²) in [4.78, 5) is 26.8. The number of aryl methyl sites for hydroxylation is 2. The molecular weight excluding hydrogens is 340 g/mol. The molecule has 5 heteroatoms. The van der Waals surface area contributed by atoms with Crippen LogP contribution in [0.15, 0.2) is 48.5 Å². The van der Waals surface area contributed by atoms with Crippen molar-refractivity contribution in [3.05, 3.63) is 65.2 Å². The van der Waals surface area contributed by atoms with Crippen LogP contribution in [0.4, 0.5) is 0 Å². The van der Waals surface area contributed by atoms with Gasteiger partial charge in [0.2, 0.25) is 5.91 Å². The minimum Gasteiger partial charge on any atom is -0.484 e. The van der Waals surface area contributed by atoms with Gasteiger partial charge < -0.3 is 15.0 Å². The summed E-state index contributed by atoms with van der Waals surface area (Å²) in [7, 11) is 1.59. The number of likely N-dealkylation sites (N-methyl/N-ethyl adjacent to an activating group) is 1. The van der Waals surface area contributed by atoms with Gasteiger partial charge in [-0.2, -0.15) is 0 Å². The normalized spacial score (nSPS) is 11.6. The Balaban J connectivity index is 2.15. The topological polar surface area (TPSA) is 58.6 Å². The molecular formula is C22H28N2O3. The minimum absolute atomic E-state index is 0.109. The van der Waals surface area contributed by atoms with Crippen molar-refractivity contribution in [2.45, 2.75) is 39.8 Å². The summed E-state index contributed by atoms with van der Waals surface area (Å²) in [5.74, 6) is 0.247. The number of nitrogens with zero attached hydrogens (tertiary/aromatic N) is 1. The Bertz CT molecular complexity index is 754. The van der Waals surface area contributed by atoms with Crippen molar-refractivity contribution in [2.24, 2.45) is 0 Å². The lowest BCUT2D eigenvalue weighted by atomic mass is 10.1. The fourth-order valence-corrected chi connectivity index (χ4v) is 2.84. The summed E-state index contributed by atoms with van der Waals surface area (Å²) in [5.41, 5.74) is 3.25. The molecule has 27 heavy (non-hydrogen) atoms. The summed E-state index contributed by atoms with van der Waals surface area (Å²) in [6.07, 6.45) is 0.530. The van der Waals surface area contributed by atoms with Crippen LogP contribution in [-0.4, -0.2) is 36.4 Å². The molecule has 0 aliphatic carbocycles. The van der Waals surface area contributed by atoms with Crippen LogP contribution in [0.25, 0.3) is 0 Å². The highest BCUT2D eigenvalue weighted by molar-refractivity contribution is 5.88. The quantitative estimate of drug-likeness (QED) is 0.778. The lowest BCUT2D eigenvalue weighted by Crippen LogP contribution is -2.49. The average Bonchev–Trinajstić information content (AvgIpc) is 2.68. The molecule has 0 fully saturated rings. The second-order valence-electron chi connectivity index (χ2n) is 6.65. The lowest BCUT2D eigenvalue weighted by molar-refractivity contribution is -0.142. The number of ether oxygens (including phenoxy) is 1. The maximum atomic E-state index is 12.9. The van der Waals surface area contributed by atoms with Gasteiger partial charge in [-0.15, -0.1) is 0 Å². The molecule has 2 rings (SSSR count). The van der Waals surface area contributed by atoms with E-state index in [4.69, 9.17) is 4.74 Å². The first-order chi connectivity index (χ1) is 12.9. The van der Waals surface area contributed by atoms with E-state index >= 15 is 0 Å². The molecule has 144 valence electrons. The first kappa shape index (κ1) is 20.5. The van der Waals surface area contributed by atoms with E-state index in [1.807, 2.05) is 69.3 Å². The van der Waals surface area contributed by atoms with E-state index in [2.05, 4.69) is 5.32 Å². The van der Waals surface area contributed by atoms with Crippen molar-refractivity contribution in [1.29, 1.82) is 0 Å². The zero-order valence-electron chi connectivity index (χ0n) is 16.5. The van der Waals surface area contributed by atoms with Crippen LogP contribution >= 0.6 is 0 Å². The van der Waals surface area contributed by atoms with E-state index in [1.165, 1.54) is 0 Å². The number of carbonyl (C=O) groups is 2. The molecule has 0 aromatic heterocycles. The van der Waals surface area contributed by atoms with Gasteiger partial charge in [-0.05, 0) is 38.0 Å². The van der Waals surface area contributed by atoms with Crippen molar-refractivity contribution in [1.82, 2.24) is 10.2 Å². The summed E-state index contributed by atoms with van der Waals surface area (Å²) in [6, 6.07) is 15.0. The fourth-order valence-electron chi connectivity index (χ4n) is 2.84. The molecule has 0 spiro atoms. The molecule has 2 amide bonds. The molecule has 2 aromatic rings. The maximum Gasteiger partial charge on any atom is 0.261 e. The Morgan fingerprint density at radius 1 is 1.00 bits per heavy atom. The molecule has 0 bridgehead atoms. The van der Waals surface area contributed by atoms with Gasteiger partial charge >= 0.3 is 0 Å². The molecule has 0 saturated heterocycles. The number of carbonyl (C=O) groups excluding carboxylic acids is 2. The third-order valence-corrected chi connectivity index (χ3v) is 4.49. The van der Waals surface area contributed by atoms with Crippen LogP contribution in [-0.2, 0) is 16.1 Å². The summed E-state index contributed by atoms with van der Waals surface area (Å²) in [6.45, 7) is 6.16. The predicted octanol–water partition coefficient (Wildman–Crippen LogP) is 3.24. The Hall–Kier alpha value is -2.82. The van der Waals surface area contributed by atoms with E-state index in [0.29, 0.717) is 18.7 Å². The number of benzene rings is 2. The number of amides is 2. The van der Waals surface area contributed by atoms with Crippen molar-refractivity contribution < 1.29 is 14.3 Å². The molecule has 0 radical (unpaired) electrons. The second-order valence-corrected chi connectivity index (χ2v) is 6.65. The Morgan fingerprint density at radius 3 is 2.07 bits per heavy atom. The summed E-state index contributed by atoms with van der Waals surface area (Å²) < 4.78 is 5.65. The third-order valence-electron chi connectivity index (χ3n) is 4.49. The Labute approximate surface area is 161 Å². The second kappa shape index (κ2) is 9.76. The summed E-state index contributed by atoms with van der Waals surface area (Å²) >= 11 is 0. The monoisotopic (exact) mass is 368 g/mol. The minimum atomic E-state index is -0.537. The molecule has 0 heterocycles. The predicted molar refractivity (Wildman–Crippen MR) is 107 cm³/mol. The molecule has 0 aliphatic rings. The average molecular weight is 368 g/mol. The van der Waals surface area contributed by atoms with Crippen molar-refractivity contribution in [2.75, 3.05) is 13.7 Å². The highest BCUT2D eigenvalue weighted by Gasteiger charge is 2.28. The zero-order valence-corrected chi connectivity index (χ0v) is 16.5. The van der Waals surface area contributed by atoms with Crippen LogP contribution < -0.4 is 10.1 Å². The van der Waals surface area contributed by atoms with Gasteiger partial charge in [0.15, 0.2) is 6.61 Å².